The minimum Gasteiger partial charge on any atom is -0.497 e. The summed E-state index contributed by atoms with van der Waals surface area (Å²) in [7, 11) is 1.56. The van der Waals surface area contributed by atoms with Crippen LogP contribution < -0.4 is 14.8 Å². The first-order valence-electron chi connectivity index (χ1n) is 11.6. The van der Waals surface area contributed by atoms with Crippen LogP contribution in [-0.4, -0.2) is 24.8 Å². The Balaban J connectivity index is 1.37. The molecule has 1 fully saturated rings. The fourth-order valence-electron chi connectivity index (χ4n) is 4.90. The molecule has 0 saturated heterocycles. The fraction of sp³-hybridized carbons (Fsp3) is 0.321. The zero-order valence-electron chi connectivity index (χ0n) is 19.3. The third-order valence-electron chi connectivity index (χ3n) is 6.98. The average Bonchev–Trinajstić information content (AvgIpc) is 3.69. The molecule has 3 aromatic carbocycles. The van der Waals surface area contributed by atoms with Crippen LogP contribution in [0.4, 0.5) is 10.1 Å². The van der Waals surface area contributed by atoms with Crippen LogP contribution in [-0.2, 0) is 4.79 Å². The summed E-state index contributed by atoms with van der Waals surface area (Å²) >= 11 is 0. The van der Waals surface area contributed by atoms with Gasteiger partial charge in [0.25, 0.3) is 0 Å². The van der Waals surface area contributed by atoms with Gasteiger partial charge in [0.15, 0.2) is 0 Å². The van der Waals surface area contributed by atoms with E-state index in [1.807, 2.05) is 42.5 Å². The number of rotatable bonds is 7. The van der Waals surface area contributed by atoms with Gasteiger partial charge in [-0.1, -0.05) is 37.3 Å². The van der Waals surface area contributed by atoms with E-state index in [1.165, 1.54) is 6.07 Å². The molecule has 2 aliphatic rings. The van der Waals surface area contributed by atoms with Gasteiger partial charge in [-0.2, -0.15) is 0 Å². The summed E-state index contributed by atoms with van der Waals surface area (Å²) < 4.78 is 25.6. The molecule has 0 spiro atoms. The van der Waals surface area contributed by atoms with Gasteiger partial charge in [-0.05, 0) is 71.7 Å². The Bertz CT molecular complexity index is 1210. The lowest BCUT2D eigenvalue weighted by atomic mass is 9.83. The molecule has 5 nitrogen and oxygen atoms in total. The number of nitrogens with one attached hydrogen (secondary N) is 1. The summed E-state index contributed by atoms with van der Waals surface area (Å²) in [6, 6.07) is 18.4. The maximum atomic E-state index is 14.4. The topological polar surface area (TPSA) is 67.8 Å². The predicted molar refractivity (Wildman–Crippen MR) is 129 cm³/mol. The lowest BCUT2D eigenvalue weighted by Crippen LogP contribution is -2.25. The molecule has 0 amide bonds. The van der Waals surface area contributed by atoms with E-state index in [0.29, 0.717) is 23.8 Å². The number of benzene rings is 3. The maximum Gasteiger partial charge on any atom is 0.306 e. The minimum absolute atomic E-state index is 0.00187. The number of carboxylic acids is 1. The highest BCUT2D eigenvalue weighted by Gasteiger charge is 2.39. The van der Waals surface area contributed by atoms with Crippen molar-refractivity contribution >= 4 is 11.7 Å². The van der Waals surface area contributed by atoms with Crippen molar-refractivity contribution in [1.82, 2.24) is 0 Å². The van der Waals surface area contributed by atoms with Gasteiger partial charge in [-0.3, -0.25) is 4.79 Å². The highest BCUT2D eigenvalue weighted by molar-refractivity contribution is 5.72. The third kappa shape index (κ3) is 4.32. The van der Waals surface area contributed by atoms with Crippen LogP contribution in [0.15, 0.2) is 60.7 Å². The zero-order valence-corrected chi connectivity index (χ0v) is 19.3. The Morgan fingerprint density at radius 2 is 1.88 bits per heavy atom. The molecule has 3 atom stereocenters. The van der Waals surface area contributed by atoms with E-state index in [0.717, 1.165) is 41.0 Å². The first kappa shape index (κ1) is 22.3. The van der Waals surface area contributed by atoms with E-state index in [-0.39, 0.29) is 17.8 Å². The molecule has 1 heterocycles. The van der Waals surface area contributed by atoms with Crippen LogP contribution >= 0.6 is 0 Å². The molecule has 1 unspecified atom stereocenters. The normalized spacial score (nSPS) is 18.7. The number of aliphatic carboxylic acids is 1. The number of hydrogen-bond acceptors (Lipinski definition) is 4. The number of methoxy groups -OCH3 is 1. The summed E-state index contributed by atoms with van der Waals surface area (Å²) in [4.78, 5) is 11.7. The molecule has 3 aromatic rings. The summed E-state index contributed by atoms with van der Waals surface area (Å²) in [5.74, 6) is 0.315. The molecule has 6 heteroatoms. The van der Waals surface area contributed by atoms with E-state index >= 15 is 0 Å². The van der Waals surface area contributed by atoms with Crippen molar-refractivity contribution < 1.29 is 23.8 Å². The van der Waals surface area contributed by atoms with Crippen molar-refractivity contribution in [2.75, 3.05) is 19.0 Å². The number of hydrogen-bond donors (Lipinski definition) is 2. The highest BCUT2D eigenvalue weighted by Crippen LogP contribution is 2.48. The second kappa shape index (κ2) is 9.01. The largest absolute Gasteiger partial charge is 0.497 e. The van der Waals surface area contributed by atoms with Gasteiger partial charge in [0, 0.05) is 5.56 Å². The molecule has 0 radical (unpaired) electrons. The van der Waals surface area contributed by atoms with Gasteiger partial charge in [-0.25, -0.2) is 4.39 Å². The van der Waals surface area contributed by atoms with Gasteiger partial charge >= 0.3 is 5.97 Å². The average molecular weight is 462 g/mol. The molecule has 5 rings (SSSR count). The van der Waals surface area contributed by atoms with E-state index < -0.39 is 11.9 Å². The molecule has 2 N–H and O–H groups in total. The summed E-state index contributed by atoms with van der Waals surface area (Å²) in [6.07, 6.45) is 2.15. The number of carbonyl (C=O) groups is 1. The molecular weight excluding hydrogens is 433 g/mol. The second-order valence-electron chi connectivity index (χ2n) is 9.22. The van der Waals surface area contributed by atoms with Crippen LogP contribution in [0.1, 0.15) is 42.9 Å². The Morgan fingerprint density at radius 1 is 1.12 bits per heavy atom. The number of ether oxygens (including phenoxy) is 2. The first-order chi connectivity index (χ1) is 16.4. The van der Waals surface area contributed by atoms with E-state index in [1.54, 1.807) is 26.2 Å². The minimum atomic E-state index is -0.760. The molecule has 1 saturated carbocycles. The molecule has 1 aliphatic heterocycles. The van der Waals surface area contributed by atoms with Crippen LogP contribution in [0.5, 0.6) is 11.5 Å². The predicted octanol–water partition coefficient (Wildman–Crippen LogP) is 6.26. The maximum absolute atomic E-state index is 14.4. The number of halogens is 1. The van der Waals surface area contributed by atoms with Crippen LogP contribution in [0, 0.1) is 17.7 Å². The van der Waals surface area contributed by atoms with E-state index in [2.05, 4.69) is 5.32 Å². The first-order valence-corrected chi connectivity index (χ1v) is 11.6. The van der Waals surface area contributed by atoms with E-state index in [4.69, 9.17) is 9.47 Å². The molecule has 0 aromatic heterocycles. The lowest BCUT2D eigenvalue weighted by molar-refractivity contribution is -0.142. The van der Waals surface area contributed by atoms with Crippen molar-refractivity contribution in [2.45, 2.75) is 31.7 Å². The Kier molecular flexibility index (Phi) is 5.90. The van der Waals surface area contributed by atoms with Crippen molar-refractivity contribution in [3.05, 3.63) is 77.6 Å². The fourth-order valence-corrected chi connectivity index (χ4v) is 4.90. The van der Waals surface area contributed by atoms with Gasteiger partial charge < -0.3 is 19.9 Å². The Morgan fingerprint density at radius 3 is 2.56 bits per heavy atom. The van der Waals surface area contributed by atoms with Crippen molar-refractivity contribution in [3.63, 3.8) is 0 Å². The number of fused-ring (bicyclic) bond motifs is 1. The quantitative estimate of drug-likeness (QED) is 0.435. The Labute approximate surface area is 198 Å². The highest BCUT2D eigenvalue weighted by atomic mass is 19.1. The summed E-state index contributed by atoms with van der Waals surface area (Å²) in [5.41, 5.74) is 4.21. The Hall–Kier alpha value is -3.54. The monoisotopic (exact) mass is 461 g/mol. The molecular formula is C28H28FNO4. The standard InChI is InChI=1S/C28H28FNO4/c1-16(28(31)32)27(19-7-8-19)20-9-12-26-24(13-20)30-25(15-34-26)18-5-3-17(4-6-18)22-14-21(33-2)10-11-23(22)29/h3-6,9-14,16,19,25,27,30H,7-8,15H2,1-2H3,(H,31,32)/t16-,25?,27-/m0/s1. The summed E-state index contributed by atoms with van der Waals surface area (Å²) in [6.45, 7) is 2.26. The van der Waals surface area contributed by atoms with Gasteiger partial charge in [-0.15, -0.1) is 0 Å². The number of anilines is 1. The zero-order chi connectivity index (χ0) is 23.8. The SMILES string of the molecule is COc1ccc(F)c(-c2ccc(C3COc4ccc([C@H](C5CC5)[C@H](C)C(=O)O)cc4N3)cc2)c1. The second-order valence-corrected chi connectivity index (χ2v) is 9.22. The molecule has 0 bridgehead atoms. The van der Waals surface area contributed by atoms with Crippen molar-refractivity contribution in [2.24, 2.45) is 11.8 Å². The van der Waals surface area contributed by atoms with E-state index in [9.17, 15) is 14.3 Å². The third-order valence-corrected chi connectivity index (χ3v) is 6.98. The lowest BCUT2D eigenvalue weighted by Gasteiger charge is -2.30. The van der Waals surface area contributed by atoms with Gasteiger partial charge in [0.2, 0.25) is 0 Å². The smallest absolute Gasteiger partial charge is 0.306 e. The van der Waals surface area contributed by atoms with Gasteiger partial charge in [0.05, 0.1) is 24.8 Å². The molecule has 1 aliphatic carbocycles. The van der Waals surface area contributed by atoms with Gasteiger partial charge in [0.1, 0.15) is 23.9 Å². The number of carboxylic acid groups (broad SMARTS) is 1. The molecule has 34 heavy (non-hydrogen) atoms. The van der Waals surface area contributed by atoms with Crippen molar-refractivity contribution in [1.29, 1.82) is 0 Å². The van der Waals surface area contributed by atoms with Crippen LogP contribution in [0.25, 0.3) is 11.1 Å². The van der Waals surface area contributed by atoms with Crippen molar-refractivity contribution in [3.8, 4) is 22.6 Å². The van der Waals surface area contributed by atoms with Crippen LogP contribution in [0.2, 0.25) is 0 Å². The molecule has 176 valence electrons. The van der Waals surface area contributed by atoms with Crippen LogP contribution in [0.3, 0.4) is 0 Å². The summed E-state index contributed by atoms with van der Waals surface area (Å²) in [5, 5.41) is 13.2.